The first-order valence-corrected chi connectivity index (χ1v) is 4.69. The SMILES string of the molecule is COc1ccc(-c2ccc(O)cc2F)cn1. The molecule has 0 unspecified atom stereocenters. The van der Waals surface area contributed by atoms with Gasteiger partial charge in [-0.3, -0.25) is 0 Å². The van der Waals surface area contributed by atoms with Crippen LogP contribution in [-0.2, 0) is 0 Å². The van der Waals surface area contributed by atoms with Crippen molar-refractivity contribution in [2.45, 2.75) is 0 Å². The maximum absolute atomic E-state index is 13.5. The van der Waals surface area contributed by atoms with Crippen LogP contribution in [0.1, 0.15) is 0 Å². The van der Waals surface area contributed by atoms with Crippen molar-refractivity contribution in [1.29, 1.82) is 0 Å². The van der Waals surface area contributed by atoms with Crippen LogP contribution in [0.15, 0.2) is 36.5 Å². The van der Waals surface area contributed by atoms with Gasteiger partial charge in [0, 0.05) is 29.5 Å². The van der Waals surface area contributed by atoms with E-state index in [1.54, 1.807) is 12.1 Å². The number of aromatic hydroxyl groups is 1. The van der Waals surface area contributed by atoms with Crippen molar-refractivity contribution in [2.24, 2.45) is 0 Å². The fraction of sp³-hybridized carbons (Fsp3) is 0.0833. The topological polar surface area (TPSA) is 42.4 Å². The van der Waals surface area contributed by atoms with E-state index in [4.69, 9.17) is 9.84 Å². The molecule has 4 heteroatoms. The Morgan fingerprint density at radius 3 is 2.62 bits per heavy atom. The van der Waals surface area contributed by atoms with Gasteiger partial charge >= 0.3 is 0 Å². The summed E-state index contributed by atoms with van der Waals surface area (Å²) in [6.07, 6.45) is 1.52. The number of methoxy groups -OCH3 is 1. The number of rotatable bonds is 2. The average molecular weight is 219 g/mol. The largest absolute Gasteiger partial charge is 0.508 e. The summed E-state index contributed by atoms with van der Waals surface area (Å²) in [6.45, 7) is 0. The standard InChI is InChI=1S/C12H10FNO2/c1-16-12-5-2-8(7-14-12)10-4-3-9(15)6-11(10)13/h2-7,15H,1H3. The van der Waals surface area contributed by atoms with Crippen molar-refractivity contribution < 1.29 is 14.2 Å². The van der Waals surface area contributed by atoms with Gasteiger partial charge in [-0.1, -0.05) is 0 Å². The number of hydrogen-bond acceptors (Lipinski definition) is 3. The molecule has 82 valence electrons. The molecule has 1 aromatic carbocycles. The first-order chi connectivity index (χ1) is 7.70. The summed E-state index contributed by atoms with van der Waals surface area (Å²) < 4.78 is 18.4. The van der Waals surface area contributed by atoms with Crippen LogP contribution in [0.4, 0.5) is 4.39 Å². The van der Waals surface area contributed by atoms with Crippen molar-refractivity contribution in [3.05, 3.63) is 42.3 Å². The molecular weight excluding hydrogens is 209 g/mol. The van der Waals surface area contributed by atoms with Crippen LogP contribution in [0.2, 0.25) is 0 Å². The second-order valence-electron chi connectivity index (χ2n) is 3.25. The van der Waals surface area contributed by atoms with E-state index >= 15 is 0 Å². The number of pyridine rings is 1. The number of benzene rings is 1. The molecule has 0 atom stereocenters. The maximum Gasteiger partial charge on any atom is 0.212 e. The lowest BCUT2D eigenvalue weighted by atomic mass is 10.1. The Labute approximate surface area is 92.1 Å². The molecule has 2 aromatic rings. The van der Waals surface area contributed by atoms with Gasteiger partial charge in [-0.15, -0.1) is 0 Å². The molecular formula is C12H10FNO2. The molecule has 0 bridgehead atoms. The number of ether oxygens (including phenoxy) is 1. The summed E-state index contributed by atoms with van der Waals surface area (Å²) in [4.78, 5) is 3.99. The third-order valence-electron chi connectivity index (χ3n) is 2.21. The van der Waals surface area contributed by atoms with Crippen molar-refractivity contribution in [3.8, 4) is 22.8 Å². The lowest BCUT2D eigenvalue weighted by molar-refractivity contribution is 0.398. The predicted octanol–water partition coefficient (Wildman–Crippen LogP) is 2.60. The van der Waals surface area contributed by atoms with E-state index in [2.05, 4.69) is 4.98 Å². The lowest BCUT2D eigenvalue weighted by Gasteiger charge is -2.04. The highest BCUT2D eigenvalue weighted by Crippen LogP contribution is 2.25. The first kappa shape index (κ1) is 10.4. The van der Waals surface area contributed by atoms with Gasteiger partial charge in [-0.2, -0.15) is 0 Å². The second-order valence-corrected chi connectivity index (χ2v) is 3.25. The van der Waals surface area contributed by atoms with Crippen molar-refractivity contribution >= 4 is 0 Å². The van der Waals surface area contributed by atoms with E-state index in [0.717, 1.165) is 6.07 Å². The number of phenols is 1. The van der Waals surface area contributed by atoms with Crippen LogP contribution < -0.4 is 4.74 Å². The van der Waals surface area contributed by atoms with Gasteiger partial charge in [0.1, 0.15) is 11.6 Å². The molecule has 0 spiro atoms. The fourth-order valence-corrected chi connectivity index (χ4v) is 1.40. The normalized spacial score (nSPS) is 10.1. The zero-order valence-corrected chi connectivity index (χ0v) is 8.64. The van der Waals surface area contributed by atoms with Gasteiger partial charge in [0.05, 0.1) is 7.11 Å². The van der Waals surface area contributed by atoms with E-state index in [1.165, 1.54) is 25.4 Å². The van der Waals surface area contributed by atoms with Crippen LogP contribution >= 0.6 is 0 Å². The molecule has 0 saturated carbocycles. The minimum Gasteiger partial charge on any atom is -0.508 e. The Morgan fingerprint density at radius 1 is 1.25 bits per heavy atom. The molecule has 16 heavy (non-hydrogen) atoms. The molecule has 3 nitrogen and oxygen atoms in total. The lowest BCUT2D eigenvalue weighted by Crippen LogP contribution is -1.89. The predicted molar refractivity (Wildman–Crippen MR) is 57.8 cm³/mol. The highest BCUT2D eigenvalue weighted by Gasteiger charge is 2.06. The number of hydrogen-bond donors (Lipinski definition) is 1. The third-order valence-corrected chi connectivity index (χ3v) is 2.21. The number of phenolic OH excluding ortho intramolecular Hbond substituents is 1. The summed E-state index contributed by atoms with van der Waals surface area (Å²) in [7, 11) is 1.52. The Bertz CT molecular complexity index is 497. The smallest absolute Gasteiger partial charge is 0.212 e. The molecule has 2 rings (SSSR count). The van der Waals surface area contributed by atoms with Gasteiger partial charge in [0.15, 0.2) is 0 Å². The van der Waals surface area contributed by atoms with E-state index in [9.17, 15) is 4.39 Å². The summed E-state index contributed by atoms with van der Waals surface area (Å²) in [6, 6.07) is 7.37. The van der Waals surface area contributed by atoms with E-state index in [1.807, 2.05) is 0 Å². The highest BCUT2D eigenvalue weighted by molar-refractivity contribution is 5.64. The first-order valence-electron chi connectivity index (χ1n) is 4.69. The number of nitrogens with zero attached hydrogens (tertiary/aromatic N) is 1. The van der Waals surface area contributed by atoms with Gasteiger partial charge in [0.25, 0.3) is 0 Å². The summed E-state index contributed by atoms with van der Waals surface area (Å²) in [5.41, 5.74) is 1.03. The van der Waals surface area contributed by atoms with Gasteiger partial charge < -0.3 is 9.84 Å². The molecule has 0 saturated heterocycles. The second kappa shape index (κ2) is 4.18. The third kappa shape index (κ3) is 1.95. The zero-order chi connectivity index (χ0) is 11.5. The fourth-order valence-electron chi connectivity index (χ4n) is 1.40. The van der Waals surface area contributed by atoms with Crippen LogP contribution in [-0.4, -0.2) is 17.2 Å². The zero-order valence-electron chi connectivity index (χ0n) is 8.64. The van der Waals surface area contributed by atoms with Gasteiger partial charge in [0.2, 0.25) is 5.88 Å². The minimum absolute atomic E-state index is 0.0947. The Balaban J connectivity index is 2.42. The maximum atomic E-state index is 13.5. The van der Waals surface area contributed by atoms with Crippen molar-refractivity contribution in [3.63, 3.8) is 0 Å². The van der Waals surface area contributed by atoms with Crippen LogP contribution in [0.5, 0.6) is 11.6 Å². The molecule has 1 N–H and O–H groups in total. The van der Waals surface area contributed by atoms with Crippen molar-refractivity contribution in [1.82, 2.24) is 4.98 Å². The van der Waals surface area contributed by atoms with Gasteiger partial charge in [-0.05, 0) is 18.2 Å². The van der Waals surface area contributed by atoms with E-state index < -0.39 is 5.82 Å². The molecule has 0 fully saturated rings. The molecule has 1 aromatic heterocycles. The summed E-state index contributed by atoms with van der Waals surface area (Å²) >= 11 is 0. The molecule has 0 aliphatic rings. The minimum atomic E-state index is -0.480. The number of halogens is 1. The highest BCUT2D eigenvalue weighted by atomic mass is 19.1. The quantitative estimate of drug-likeness (QED) is 0.844. The molecule has 0 aliphatic heterocycles. The summed E-state index contributed by atoms with van der Waals surface area (Å²) in [5, 5.41) is 9.09. The Morgan fingerprint density at radius 2 is 2.06 bits per heavy atom. The van der Waals surface area contributed by atoms with E-state index in [-0.39, 0.29) is 5.75 Å². The monoisotopic (exact) mass is 219 g/mol. The number of aromatic nitrogens is 1. The molecule has 0 aliphatic carbocycles. The molecule has 0 radical (unpaired) electrons. The van der Waals surface area contributed by atoms with Crippen LogP contribution in [0.25, 0.3) is 11.1 Å². The van der Waals surface area contributed by atoms with Crippen molar-refractivity contribution in [2.75, 3.05) is 7.11 Å². The van der Waals surface area contributed by atoms with Crippen LogP contribution in [0, 0.1) is 5.82 Å². The van der Waals surface area contributed by atoms with Crippen LogP contribution in [0.3, 0.4) is 0 Å². The molecule has 0 amide bonds. The Kier molecular flexibility index (Phi) is 2.72. The van der Waals surface area contributed by atoms with Gasteiger partial charge in [-0.25, -0.2) is 9.37 Å². The Hall–Kier alpha value is -2.10. The molecule has 1 heterocycles. The summed E-state index contributed by atoms with van der Waals surface area (Å²) in [5.74, 6) is -0.0994. The average Bonchev–Trinajstić information content (AvgIpc) is 2.29. The van der Waals surface area contributed by atoms with E-state index in [0.29, 0.717) is 17.0 Å².